The molecular weight excluding hydrogens is 396 g/mol. The predicted molar refractivity (Wildman–Crippen MR) is 131 cm³/mol. The van der Waals surface area contributed by atoms with Crippen LogP contribution in [0.1, 0.15) is 22.7 Å². The van der Waals surface area contributed by atoms with E-state index in [4.69, 9.17) is 9.47 Å². The van der Waals surface area contributed by atoms with Gasteiger partial charge in [0, 0.05) is 23.2 Å². The van der Waals surface area contributed by atoms with Crippen LogP contribution in [0.4, 0.5) is 0 Å². The van der Waals surface area contributed by atoms with Gasteiger partial charge in [-0.15, -0.1) is 0 Å². The van der Waals surface area contributed by atoms with Gasteiger partial charge in [0.05, 0.1) is 18.9 Å². The summed E-state index contributed by atoms with van der Waals surface area (Å²) in [7, 11) is 0. The highest BCUT2D eigenvalue weighted by Crippen LogP contribution is 2.26. The second-order valence-corrected chi connectivity index (χ2v) is 7.50. The molecule has 0 bridgehead atoms. The minimum absolute atomic E-state index is 0.103. The first-order chi connectivity index (χ1) is 15.8. The van der Waals surface area contributed by atoms with E-state index in [0.717, 1.165) is 28.6 Å². The minimum atomic E-state index is 0.103. The van der Waals surface area contributed by atoms with Gasteiger partial charge in [-0.1, -0.05) is 79.4 Å². The summed E-state index contributed by atoms with van der Waals surface area (Å²) in [5.74, 6) is 0.855. The number of hydrogen-bond donors (Lipinski definition) is 1. The molecule has 4 aromatic rings. The van der Waals surface area contributed by atoms with Gasteiger partial charge in [-0.25, -0.2) is 0 Å². The molecule has 1 heterocycles. The molecule has 0 saturated heterocycles. The van der Waals surface area contributed by atoms with Gasteiger partial charge in [0.15, 0.2) is 0 Å². The summed E-state index contributed by atoms with van der Waals surface area (Å²) in [5.41, 5.74) is 4.50. The summed E-state index contributed by atoms with van der Waals surface area (Å²) in [6.07, 6.45) is 4.54. The van der Waals surface area contributed by atoms with Crippen LogP contribution in [0.25, 0.3) is 17.0 Å². The van der Waals surface area contributed by atoms with Gasteiger partial charge < -0.3 is 9.47 Å². The standard InChI is InChI=1S/C28H28N2O2/c1-2-26-24(16-15-23-12-9-17-29-28(23)26)20-27(22-10-5-3-6-11-22)30-21-31-18-19-32-25-13-7-4-8-14-25/h2-17,27,30H,1,18-21H2. The van der Waals surface area contributed by atoms with E-state index in [-0.39, 0.29) is 6.04 Å². The number of rotatable bonds is 11. The van der Waals surface area contributed by atoms with Crippen molar-refractivity contribution < 1.29 is 9.47 Å². The lowest BCUT2D eigenvalue weighted by atomic mass is 9.94. The molecule has 32 heavy (non-hydrogen) atoms. The molecule has 0 aliphatic heterocycles. The van der Waals surface area contributed by atoms with Gasteiger partial charge in [0.2, 0.25) is 0 Å². The molecule has 1 aromatic heterocycles. The van der Waals surface area contributed by atoms with Crippen molar-refractivity contribution in [1.82, 2.24) is 10.3 Å². The fourth-order valence-corrected chi connectivity index (χ4v) is 3.80. The first-order valence-electron chi connectivity index (χ1n) is 10.9. The molecule has 1 N–H and O–H groups in total. The van der Waals surface area contributed by atoms with Gasteiger partial charge in [-0.3, -0.25) is 10.3 Å². The number of fused-ring (bicyclic) bond motifs is 1. The Morgan fingerprint density at radius 1 is 0.875 bits per heavy atom. The fraction of sp³-hybridized carbons (Fsp3) is 0.179. The topological polar surface area (TPSA) is 43.4 Å². The van der Waals surface area contributed by atoms with Crippen LogP contribution < -0.4 is 10.1 Å². The lowest BCUT2D eigenvalue weighted by Crippen LogP contribution is -2.27. The summed E-state index contributed by atoms with van der Waals surface area (Å²) in [4.78, 5) is 4.58. The van der Waals surface area contributed by atoms with E-state index in [9.17, 15) is 0 Å². The van der Waals surface area contributed by atoms with Crippen LogP contribution in [0.5, 0.6) is 5.75 Å². The number of aromatic nitrogens is 1. The average molecular weight is 425 g/mol. The maximum Gasteiger partial charge on any atom is 0.119 e. The Morgan fingerprint density at radius 2 is 1.66 bits per heavy atom. The van der Waals surface area contributed by atoms with E-state index < -0.39 is 0 Å². The van der Waals surface area contributed by atoms with Crippen molar-refractivity contribution in [2.45, 2.75) is 12.5 Å². The number of ether oxygens (including phenoxy) is 2. The maximum atomic E-state index is 5.80. The average Bonchev–Trinajstić information content (AvgIpc) is 2.86. The van der Waals surface area contributed by atoms with Gasteiger partial charge in [-0.2, -0.15) is 0 Å². The summed E-state index contributed by atoms with van der Waals surface area (Å²) in [5, 5.41) is 4.67. The Morgan fingerprint density at radius 3 is 2.44 bits per heavy atom. The molecule has 0 spiro atoms. The zero-order valence-corrected chi connectivity index (χ0v) is 18.1. The van der Waals surface area contributed by atoms with Crippen molar-refractivity contribution in [3.8, 4) is 5.75 Å². The number of nitrogens with one attached hydrogen (secondary N) is 1. The normalized spacial score (nSPS) is 11.9. The molecule has 0 amide bonds. The van der Waals surface area contributed by atoms with Crippen LogP contribution in [0, 0.1) is 0 Å². The smallest absolute Gasteiger partial charge is 0.119 e. The van der Waals surface area contributed by atoms with Crippen LogP contribution in [-0.2, 0) is 11.2 Å². The van der Waals surface area contributed by atoms with Crippen LogP contribution >= 0.6 is 0 Å². The molecule has 162 valence electrons. The monoisotopic (exact) mass is 424 g/mol. The summed E-state index contributed by atoms with van der Waals surface area (Å²) in [6, 6.07) is 28.7. The Labute approximate surface area is 189 Å². The van der Waals surface area contributed by atoms with E-state index in [1.54, 1.807) is 0 Å². The highest BCUT2D eigenvalue weighted by molar-refractivity contribution is 5.88. The summed E-state index contributed by atoms with van der Waals surface area (Å²) in [6.45, 7) is 5.51. The molecule has 0 aliphatic rings. The quantitative estimate of drug-likeness (QED) is 0.244. The Kier molecular flexibility index (Phi) is 7.64. The number of benzene rings is 3. The lowest BCUT2D eigenvalue weighted by Gasteiger charge is -2.21. The predicted octanol–water partition coefficient (Wildman–Crippen LogP) is 5.80. The Balaban J connectivity index is 1.40. The van der Waals surface area contributed by atoms with Gasteiger partial charge in [0.25, 0.3) is 0 Å². The third kappa shape index (κ3) is 5.61. The maximum absolute atomic E-state index is 5.80. The van der Waals surface area contributed by atoms with Gasteiger partial charge >= 0.3 is 0 Å². The molecule has 4 heteroatoms. The van der Waals surface area contributed by atoms with Crippen LogP contribution in [0.2, 0.25) is 0 Å². The molecule has 4 nitrogen and oxygen atoms in total. The van der Waals surface area contributed by atoms with Crippen molar-refractivity contribution in [3.63, 3.8) is 0 Å². The first kappa shape index (κ1) is 21.8. The molecule has 0 fully saturated rings. The zero-order valence-electron chi connectivity index (χ0n) is 18.1. The van der Waals surface area contributed by atoms with Crippen molar-refractivity contribution in [1.29, 1.82) is 0 Å². The fourth-order valence-electron chi connectivity index (χ4n) is 3.80. The molecular formula is C28H28N2O2. The lowest BCUT2D eigenvalue weighted by molar-refractivity contribution is 0.0804. The third-order valence-corrected chi connectivity index (χ3v) is 5.41. The van der Waals surface area contributed by atoms with Crippen molar-refractivity contribution in [2.24, 2.45) is 0 Å². The molecule has 1 atom stereocenters. The largest absolute Gasteiger partial charge is 0.491 e. The molecule has 3 aromatic carbocycles. The van der Waals surface area contributed by atoms with E-state index >= 15 is 0 Å². The van der Waals surface area contributed by atoms with Crippen LogP contribution in [0.15, 0.2) is 97.7 Å². The number of nitrogens with zero attached hydrogens (tertiary/aromatic N) is 1. The van der Waals surface area contributed by atoms with Gasteiger partial charge in [-0.05, 0) is 35.7 Å². The summed E-state index contributed by atoms with van der Waals surface area (Å²) < 4.78 is 11.5. The SMILES string of the molecule is C=Cc1c(CC(NCOCCOc2ccccc2)c2ccccc2)ccc2cccnc12. The van der Waals surface area contributed by atoms with Crippen LogP contribution in [-0.4, -0.2) is 24.9 Å². The number of para-hydroxylation sites is 1. The van der Waals surface area contributed by atoms with E-state index in [0.29, 0.717) is 19.9 Å². The van der Waals surface area contributed by atoms with E-state index in [1.165, 1.54) is 11.1 Å². The van der Waals surface area contributed by atoms with E-state index in [2.05, 4.69) is 59.3 Å². The molecule has 0 saturated carbocycles. The third-order valence-electron chi connectivity index (χ3n) is 5.41. The Bertz CT molecular complexity index is 1130. The minimum Gasteiger partial charge on any atom is -0.491 e. The van der Waals surface area contributed by atoms with Crippen molar-refractivity contribution >= 4 is 17.0 Å². The second-order valence-electron chi connectivity index (χ2n) is 7.50. The molecule has 0 aliphatic carbocycles. The van der Waals surface area contributed by atoms with Crippen molar-refractivity contribution in [3.05, 3.63) is 114 Å². The summed E-state index contributed by atoms with van der Waals surface area (Å²) >= 11 is 0. The van der Waals surface area contributed by atoms with Crippen LogP contribution in [0.3, 0.4) is 0 Å². The Hall–Kier alpha value is -3.47. The number of pyridine rings is 1. The second kappa shape index (κ2) is 11.2. The molecule has 0 radical (unpaired) electrons. The van der Waals surface area contributed by atoms with E-state index in [1.807, 2.05) is 54.7 Å². The van der Waals surface area contributed by atoms with Crippen molar-refractivity contribution in [2.75, 3.05) is 19.9 Å². The highest BCUT2D eigenvalue weighted by Gasteiger charge is 2.15. The first-order valence-corrected chi connectivity index (χ1v) is 10.9. The zero-order chi connectivity index (χ0) is 22.0. The van der Waals surface area contributed by atoms with Gasteiger partial charge in [0.1, 0.15) is 12.4 Å². The molecule has 1 unspecified atom stereocenters. The molecule has 4 rings (SSSR count). The number of hydrogen-bond acceptors (Lipinski definition) is 4. The highest BCUT2D eigenvalue weighted by atomic mass is 16.5.